The molecule has 0 fully saturated rings. The second kappa shape index (κ2) is 17.5. The van der Waals surface area contributed by atoms with Crippen molar-refractivity contribution in [1.29, 1.82) is 0 Å². The lowest BCUT2D eigenvalue weighted by Gasteiger charge is -2.24. The van der Waals surface area contributed by atoms with E-state index >= 15 is 0 Å². The second-order valence-corrected chi connectivity index (χ2v) is 8.71. The van der Waals surface area contributed by atoms with Crippen LogP contribution in [0.2, 0.25) is 0 Å². The summed E-state index contributed by atoms with van der Waals surface area (Å²) in [6, 6.07) is -5.29. The predicted molar refractivity (Wildman–Crippen MR) is 126 cm³/mol. The monoisotopic (exact) mass is 521 g/mol. The van der Waals surface area contributed by atoms with Gasteiger partial charge in [0.05, 0.1) is 12.5 Å². The molecule has 0 aromatic heterocycles. The van der Waals surface area contributed by atoms with Crippen LogP contribution in [-0.4, -0.2) is 93.7 Å². The van der Waals surface area contributed by atoms with Gasteiger partial charge in [-0.1, -0.05) is 6.42 Å². The van der Waals surface area contributed by atoms with E-state index in [1.807, 2.05) is 0 Å². The Kier molecular flexibility index (Phi) is 16.1. The van der Waals surface area contributed by atoms with Crippen molar-refractivity contribution in [2.24, 2.45) is 11.5 Å². The number of carboxylic acid groups (broad SMARTS) is 3. The molecule has 0 aromatic carbocycles. The van der Waals surface area contributed by atoms with Crippen molar-refractivity contribution in [3.8, 4) is 0 Å². The molecule has 4 atom stereocenters. The topological polar surface area (TPSA) is 251 Å². The Morgan fingerprint density at radius 2 is 1.34 bits per heavy atom. The van der Waals surface area contributed by atoms with Crippen LogP contribution < -0.4 is 27.4 Å². The molecule has 0 aliphatic carbocycles. The normalized spacial score (nSPS) is 14.1. The fraction of sp³-hybridized carbons (Fsp3) is 0.700. The van der Waals surface area contributed by atoms with Gasteiger partial charge in [0, 0.05) is 6.42 Å². The van der Waals surface area contributed by atoms with Crippen LogP contribution in [0, 0.1) is 0 Å². The zero-order valence-electron chi connectivity index (χ0n) is 19.5. The van der Waals surface area contributed by atoms with Crippen molar-refractivity contribution < 1.29 is 44.1 Å². The maximum absolute atomic E-state index is 12.8. The number of unbranched alkanes of at least 4 members (excludes halogenated alkanes) is 1. The predicted octanol–water partition coefficient (Wildman–Crippen LogP) is -1.93. The summed E-state index contributed by atoms with van der Waals surface area (Å²) in [5.74, 6) is -6.29. The Labute approximate surface area is 206 Å². The van der Waals surface area contributed by atoms with Crippen molar-refractivity contribution in [1.82, 2.24) is 16.0 Å². The Morgan fingerprint density at radius 1 is 0.771 bits per heavy atom. The quantitative estimate of drug-likeness (QED) is 0.0865. The first-order chi connectivity index (χ1) is 16.4. The van der Waals surface area contributed by atoms with E-state index in [-0.39, 0.29) is 19.3 Å². The summed E-state index contributed by atoms with van der Waals surface area (Å²) < 4.78 is 0. The zero-order valence-corrected chi connectivity index (χ0v) is 20.3. The van der Waals surface area contributed by atoms with Gasteiger partial charge in [0.15, 0.2) is 0 Å². The highest BCUT2D eigenvalue weighted by Gasteiger charge is 2.31. The number of carbonyl (C=O) groups excluding carboxylic acids is 3. The highest BCUT2D eigenvalue weighted by molar-refractivity contribution is 7.98. The van der Waals surface area contributed by atoms with E-state index in [1.54, 1.807) is 6.26 Å². The molecule has 0 aromatic rings. The number of amides is 3. The summed E-state index contributed by atoms with van der Waals surface area (Å²) in [5.41, 5.74) is 11.2. The van der Waals surface area contributed by atoms with Gasteiger partial charge in [-0.05, 0) is 44.2 Å². The van der Waals surface area contributed by atoms with Gasteiger partial charge in [-0.3, -0.25) is 24.0 Å². The largest absolute Gasteiger partial charge is 0.481 e. The minimum absolute atomic E-state index is 0.0658. The zero-order chi connectivity index (χ0) is 27.0. The summed E-state index contributed by atoms with van der Waals surface area (Å²) in [7, 11) is 0. The highest BCUT2D eigenvalue weighted by atomic mass is 32.2. The number of carbonyl (C=O) groups is 6. The molecule has 0 heterocycles. The van der Waals surface area contributed by atoms with Crippen LogP contribution in [0.15, 0.2) is 0 Å². The summed E-state index contributed by atoms with van der Waals surface area (Å²) in [4.78, 5) is 71.2. The van der Waals surface area contributed by atoms with E-state index in [0.717, 1.165) is 0 Å². The molecule has 3 amide bonds. The van der Waals surface area contributed by atoms with E-state index in [4.69, 9.17) is 21.7 Å². The van der Waals surface area contributed by atoms with Crippen molar-refractivity contribution in [2.75, 3.05) is 18.6 Å². The first kappa shape index (κ1) is 32.1. The van der Waals surface area contributed by atoms with Crippen LogP contribution in [0.25, 0.3) is 0 Å². The molecule has 0 saturated heterocycles. The average Bonchev–Trinajstić information content (AvgIpc) is 2.77. The molecule has 200 valence electrons. The van der Waals surface area contributed by atoms with Gasteiger partial charge in [-0.25, -0.2) is 4.79 Å². The van der Waals surface area contributed by atoms with Crippen LogP contribution >= 0.6 is 11.8 Å². The Morgan fingerprint density at radius 3 is 1.86 bits per heavy atom. The lowest BCUT2D eigenvalue weighted by atomic mass is 10.1. The van der Waals surface area contributed by atoms with Crippen LogP contribution in [0.4, 0.5) is 0 Å². The number of carboxylic acids is 3. The number of nitrogens with one attached hydrogen (secondary N) is 3. The summed E-state index contributed by atoms with van der Waals surface area (Å²) in [6.07, 6.45) is 1.62. The number of hydrogen-bond donors (Lipinski definition) is 8. The molecule has 0 radical (unpaired) electrons. The highest BCUT2D eigenvalue weighted by Crippen LogP contribution is 2.06. The van der Waals surface area contributed by atoms with Crippen molar-refractivity contribution >= 4 is 47.4 Å². The minimum Gasteiger partial charge on any atom is -0.481 e. The third-order valence-corrected chi connectivity index (χ3v) is 5.47. The van der Waals surface area contributed by atoms with Crippen molar-refractivity contribution in [2.45, 2.75) is 69.1 Å². The smallest absolute Gasteiger partial charge is 0.326 e. The fourth-order valence-corrected chi connectivity index (χ4v) is 3.35. The number of thioether (sulfide) groups is 1. The first-order valence-electron chi connectivity index (χ1n) is 10.9. The molecular weight excluding hydrogens is 486 g/mol. The van der Waals surface area contributed by atoms with Gasteiger partial charge in [-0.2, -0.15) is 11.8 Å². The molecule has 0 saturated carbocycles. The summed E-state index contributed by atoms with van der Waals surface area (Å²) >= 11 is 1.34. The van der Waals surface area contributed by atoms with Gasteiger partial charge in [0.2, 0.25) is 17.7 Å². The van der Waals surface area contributed by atoms with Crippen LogP contribution in [0.1, 0.15) is 44.9 Å². The van der Waals surface area contributed by atoms with Crippen LogP contribution in [0.3, 0.4) is 0 Å². The van der Waals surface area contributed by atoms with E-state index < -0.39 is 72.6 Å². The number of nitrogens with two attached hydrogens (primary N) is 2. The molecule has 0 spiro atoms. The van der Waals surface area contributed by atoms with Crippen molar-refractivity contribution in [3.63, 3.8) is 0 Å². The fourth-order valence-electron chi connectivity index (χ4n) is 2.88. The van der Waals surface area contributed by atoms with E-state index in [9.17, 15) is 33.9 Å². The molecule has 14 nitrogen and oxygen atoms in total. The SMILES string of the molecule is CSCCC(NC(=O)C(CC(=O)O)NC(=O)C(N)CCCCN)C(=O)NC(CCC(=O)O)C(=O)O. The molecule has 0 rings (SSSR count). The maximum atomic E-state index is 12.8. The molecule has 35 heavy (non-hydrogen) atoms. The Bertz CT molecular complexity index is 752. The van der Waals surface area contributed by atoms with E-state index in [1.165, 1.54) is 11.8 Å². The molecular formula is C20H35N5O9S. The van der Waals surface area contributed by atoms with Gasteiger partial charge in [0.1, 0.15) is 18.1 Å². The Balaban J connectivity index is 5.41. The van der Waals surface area contributed by atoms with E-state index in [2.05, 4.69) is 16.0 Å². The molecule has 0 aliphatic rings. The van der Waals surface area contributed by atoms with Crippen LogP contribution in [0.5, 0.6) is 0 Å². The number of aliphatic carboxylic acids is 3. The molecule has 4 unspecified atom stereocenters. The van der Waals surface area contributed by atoms with Gasteiger partial charge < -0.3 is 42.7 Å². The van der Waals surface area contributed by atoms with Crippen LogP contribution in [-0.2, 0) is 28.8 Å². The molecule has 0 aliphatic heterocycles. The second-order valence-electron chi connectivity index (χ2n) is 7.72. The minimum atomic E-state index is -1.53. The van der Waals surface area contributed by atoms with Gasteiger partial charge in [0.25, 0.3) is 0 Å². The molecule has 10 N–H and O–H groups in total. The standard InChI is InChI=1S/C20H35N5O9S/c1-35-9-7-12(18(31)24-13(20(33)34)5-6-15(26)27)23-19(32)14(10-16(28)29)25-17(30)11(22)4-2-3-8-21/h11-14H,2-10,21-22H2,1H3,(H,23,32)(H,24,31)(H,25,30)(H,26,27)(H,28,29)(H,33,34). The third-order valence-electron chi connectivity index (χ3n) is 4.82. The lowest BCUT2D eigenvalue weighted by molar-refractivity contribution is -0.144. The number of hydrogen-bond acceptors (Lipinski definition) is 9. The third kappa shape index (κ3) is 14.2. The molecule has 15 heteroatoms. The number of rotatable bonds is 19. The summed E-state index contributed by atoms with van der Waals surface area (Å²) in [6.45, 7) is 0.414. The maximum Gasteiger partial charge on any atom is 0.326 e. The lowest BCUT2D eigenvalue weighted by Crippen LogP contribution is -2.57. The Hall–Kier alpha value is -2.91. The summed E-state index contributed by atoms with van der Waals surface area (Å²) in [5, 5.41) is 34.0. The van der Waals surface area contributed by atoms with Gasteiger partial charge >= 0.3 is 17.9 Å². The molecule has 0 bridgehead atoms. The average molecular weight is 522 g/mol. The van der Waals surface area contributed by atoms with E-state index in [0.29, 0.717) is 25.1 Å². The first-order valence-corrected chi connectivity index (χ1v) is 12.3. The van der Waals surface area contributed by atoms with Crippen molar-refractivity contribution in [3.05, 3.63) is 0 Å². The van der Waals surface area contributed by atoms with Gasteiger partial charge in [-0.15, -0.1) is 0 Å².